The molecule has 2 rings (SSSR count). The second-order valence-electron chi connectivity index (χ2n) is 4.39. The Morgan fingerprint density at radius 2 is 2.10 bits per heavy atom. The van der Waals surface area contributed by atoms with Gasteiger partial charge in [0, 0.05) is 6.54 Å². The number of hydrogen-bond acceptors (Lipinski definition) is 4. The Labute approximate surface area is 120 Å². The molecule has 1 aliphatic heterocycles. The van der Waals surface area contributed by atoms with E-state index in [2.05, 4.69) is 17.9 Å². The monoisotopic (exact) mass is 303 g/mol. The van der Waals surface area contributed by atoms with Gasteiger partial charge in [0.2, 0.25) is 0 Å². The second kappa shape index (κ2) is 6.41. The highest BCUT2D eigenvalue weighted by molar-refractivity contribution is 7.82. The smallest absolute Gasteiger partial charge is 0.367 e. The summed E-state index contributed by atoms with van der Waals surface area (Å²) in [7, 11) is 0. The third-order valence-electron chi connectivity index (χ3n) is 2.73. The molecule has 0 aliphatic carbocycles. The highest BCUT2D eigenvalue weighted by atomic mass is 32.1. The van der Waals surface area contributed by atoms with E-state index in [1.807, 2.05) is 24.3 Å². The van der Waals surface area contributed by atoms with Crippen molar-refractivity contribution < 1.29 is 23.0 Å². The Hall–Kier alpha value is -1.34. The van der Waals surface area contributed by atoms with Crippen molar-refractivity contribution in [2.75, 3.05) is 19.8 Å². The topological polar surface area (TPSA) is 50.9 Å². The molecule has 1 unspecified atom stereocenters. The fraction of sp³-hybridized carbons (Fsp3) is 0.462. The number of alkyl halides is 2. The van der Waals surface area contributed by atoms with Crippen LogP contribution in [-0.2, 0) is 9.53 Å². The van der Waals surface area contributed by atoms with Crippen LogP contribution in [0.3, 0.4) is 0 Å². The van der Waals surface area contributed by atoms with E-state index in [0.717, 1.165) is 12.2 Å². The standard InChI is InChI=1S/C13H15F2NO3S/c14-13(15,20)12(17)16-6-1-7-18-10-4-2-9(3-5-10)11-8-19-11/h2-5,11,20H,1,6-8H2,(H,16,17). The third-order valence-corrected chi connectivity index (χ3v) is 2.94. The van der Waals surface area contributed by atoms with Gasteiger partial charge in [-0.1, -0.05) is 24.8 Å². The van der Waals surface area contributed by atoms with Crippen molar-refractivity contribution in [3.8, 4) is 5.75 Å². The van der Waals surface area contributed by atoms with Crippen LogP contribution in [0.2, 0.25) is 0 Å². The number of amides is 1. The van der Waals surface area contributed by atoms with Crippen LogP contribution in [0.25, 0.3) is 0 Å². The van der Waals surface area contributed by atoms with Gasteiger partial charge >= 0.3 is 11.2 Å². The maximum Gasteiger partial charge on any atom is 0.367 e. The van der Waals surface area contributed by atoms with Crippen LogP contribution in [-0.4, -0.2) is 30.9 Å². The van der Waals surface area contributed by atoms with Crippen LogP contribution in [0.1, 0.15) is 18.1 Å². The number of thiol groups is 1. The van der Waals surface area contributed by atoms with Crippen LogP contribution in [0.4, 0.5) is 8.78 Å². The van der Waals surface area contributed by atoms with Crippen molar-refractivity contribution in [3.05, 3.63) is 29.8 Å². The van der Waals surface area contributed by atoms with E-state index in [-0.39, 0.29) is 12.6 Å². The second-order valence-corrected chi connectivity index (χ2v) is 4.95. The van der Waals surface area contributed by atoms with Crippen molar-refractivity contribution in [3.63, 3.8) is 0 Å². The minimum atomic E-state index is -3.64. The Kier molecular flexibility index (Phi) is 4.82. The van der Waals surface area contributed by atoms with Crippen molar-refractivity contribution in [1.29, 1.82) is 0 Å². The fourth-order valence-corrected chi connectivity index (χ4v) is 1.67. The van der Waals surface area contributed by atoms with Gasteiger partial charge in [-0.3, -0.25) is 4.79 Å². The average Bonchev–Trinajstić information content (AvgIpc) is 3.22. The number of ether oxygens (including phenoxy) is 2. The molecule has 0 aromatic heterocycles. The molecule has 1 aliphatic rings. The largest absolute Gasteiger partial charge is 0.494 e. The van der Waals surface area contributed by atoms with Crippen LogP contribution in [0.5, 0.6) is 5.75 Å². The summed E-state index contributed by atoms with van der Waals surface area (Å²) in [6, 6.07) is 7.52. The normalized spacial score (nSPS) is 17.6. The summed E-state index contributed by atoms with van der Waals surface area (Å²) in [5.41, 5.74) is 1.11. The van der Waals surface area contributed by atoms with E-state index in [1.54, 1.807) is 0 Å². The zero-order chi connectivity index (χ0) is 14.6. The zero-order valence-corrected chi connectivity index (χ0v) is 11.5. The van der Waals surface area contributed by atoms with E-state index in [1.165, 1.54) is 0 Å². The summed E-state index contributed by atoms with van der Waals surface area (Å²) in [4.78, 5) is 10.8. The first kappa shape index (κ1) is 15.1. The van der Waals surface area contributed by atoms with E-state index < -0.39 is 11.2 Å². The molecule has 7 heteroatoms. The van der Waals surface area contributed by atoms with Crippen molar-refractivity contribution in [2.24, 2.45) is 0 Å². The number of carbonyl (C=O) groups is 1. The van der Waals surface area contributed by atoms with Crippen molar-refractivity contribution in [1.82, 2.24) is 5.32 Å². The van der Waals surface area contributed by atoms with Gasteiger partial charge in [0.05, 0.1) is 13.2 Å². The maximum absolute atomic E-state index is 12.4. The molecule has 0 radical (unpaired) electrons. The number of epoxide rings is 1. The number of nitrogens with one attached hydrogen (secondary N) is 1. The Morgan fingerprint density at radius 3 is 2.65 bits per heavy atom. The summed E-state index contributed by atoms with van der Waals surface area (Å²) < 4.78 is 35.4. The quantitative estimate of drug-likeness (QED) is 0.461. The highest BCUT2D eigenvalue weighted by Gasteiger charge is 2.33. The van der Waals surface area contributed by atoms with Gasteiger partial charge in [-0.2, -0.15) is 8.78 Å². The molecule has 0 bridgehead atoms. The third kappa shape index (κ3) is 4.64. The molecule has 1 saturated heterocycles. The molecule has 1 atom stereocenters. The Balaban J connectivity index is 1.62. The summed E-state index contributed by atoms with van der Waals surface area (Å²) >= 11 is 2.88. The van der Waals surface area contributed by atoms with Gasteiger partial charge in [-0.25, -0.2) is 0 Å². The molecule has 1 heterocycles. The minimum Gasteiger partial charge on any atom is -0.494 e. The first-order valence-electron chi connectivity index (χ1n) is 6.19. The number of rotatable bonds is 7. The summed E-state index contributed by atoms with van der Waals surface area (Å²) in [5, 5.41) is -1.56. The van der Waals surface area contributed by atoms with E-state index >= 15 is 0 Å². The molecule has 4 nitrogen and oxygen atoms in total. The molecular formula is C13H15F2NO3S. The van der Waals surface area contributed by atoms with Gasteiger partial charge in [0.25, 0.3) is 0 Å². The summed E-state index contributed by atoms with van der Waals surface area (Å²) in [6.45, 7) is 1.20. The lowest BCUT2D eigenvalue weighted by Gasteiger charge is -2.10. The van der Waals surface area contributed by atoms with Crippen LogP contribution in [0, 0.1) is 0 Å². The first-order valence-corrected chi connectivity index (χ1v) is 6.64. The number of benzene rings is 1. The predicted octanol–water partition coefficient (Wildman–Crippen LogP) is 2.17. The van der Waals surface area contributed by atoms with E-state index in [0.29, 0.717) is 18.8 Å². The average molecular weight is 303 g/mol. The lowest BCUT2D eigenvalue weighted by Crippen LogP contribution is -2.36. The predicted molar refractivity (Wildman–Crippen MR) is 72.2 cm³/mol. The number of halogens is 2. The molecule has 1 aromatic carbocycles. The summed E-state index contributed by atoms with van der Waals surface area (Å²) in [6.07, 6.45) is 0.644. The van der Waals surface area contributed by atoms with Gasteiger partial charge in [0.1, 0.15) is 11.9 Å². The minimum absolute atomic E-state index is 0.114. The summed E-state index contributed by atoms with van der Waals surface area (Å²) in [5.74, 6) is -0.699. The fourth-order valence-electron chi connectivity index (χ4n) is 1.59. The van der Waals surface area contributed by atoms with Gasteiger partial charge in [0.15, 0.2) is 0 Å². The lowest BCUT2D eigenvalue weighted by molar-refractivity contribution is -0.134. The Morgan fingerprint density at radius 1 is 1.45 bits per heavy atom. The lowest BCUT2D eigenvalue weighted by atomic mass is 10.2. The molecule has 0 spiro atoms. The van der Waals surface area contributed by atoms with Gasteiger partial charge < -0.3 is 14.8 Å². The molecule has 1 amide bonds. The molecule has 110 valence electrons. The van der Waals surface area contributed by atoms with Crippen LogP contribution >= 0.6 is 12.6 Å². The molecule has 1 fully saturated rings. The number of hydrogen-bond donors (Lipinski definition) is 2. The number of carbonyl (C=O) groups excluding carboxylic acids is 1. The molecule has 1 N–H and O–H groups in total. The molecule has 20 heavy (non-hydrogen) atoms. The van der Waals surface area contributed by atoms with Gasteiger partial charge in [-0.05, 0) is 24.1 Å². The molecule has 1 aromatic rings. The molecule has 0 saturated carbocycles. The first-order chi connectivity index (χ1) is 9.47. The van der Waals surface area contributed by atoms with Gasteiger partial charge in [-0.15, -0.1) is 0 Å². The Bertz CT molecular complexity index is 458. The SMILES string of the molecule is O=C(NCCCOc1ccc(C2CO2)cc1)C(F)(F)S. The zero-order valence-electron chi connectivity index (χ0n) is 10.6. The van der Waals surface area contributed by atoms with E-state index in [9.17, 15) is 13.6 Å². The van der Waals surface area contributed by atoms with E-state index in [4.69, 9.17) is 9.47 Å². The maximum atomic E-state index is 12.4. The highest BCUT2D eigenvalue weighted by Crippen LogP contribution is 2.30. The molecular weight excluding hydrogens is 288 g/mol. The van der Waals surface area contributed by atoms with Crippen LogP contribution in [0.15, 0.2) is 24.3 Å². The van der Waals surface area contributed by atoms with Crippen molar-refractivity contribution >= 4 is 18.5 Å². The van der Waals surface area contributed by atoms with Crippen LogP contribution < -0.4 is 10.1 Å². The van der Waals surface area contributed by atoms with Crippen molar-refractivity contribution in [2.45, 2.75) is 17.8 Å².